The minimum atomic E-state index is -0.525. The molecule has 0 atom stereocenters. The van der Waals surface area contributed by atoms with Gasteiger partial charge in [-0.15, -0.1) is 0 Å². The van der Waals surface area contributed by atoms with E-state index in [-0.39, 0.29) is 35.2 Å². The van der Waals surface area contributed by atoms with Crippen LogP contribution in [0.25, 0.3) is 11.0 Å². The molecule has 0 radical (unpaired) electrons. The second-order valence-corrected chi connectivity index (χ2v) is 6.31. The third-order valence-corrected chi connectivity index (χ3v) is 3.97. The maximum atomic E-state index is 12.7. The molecule has 0 aromatic carbocycles. The number of amides is 2. The van der Waals surface area contributed by atoms with Crippen molar-refractivity contribution in [1.82, 2.24) is 24.3 Å². The highest BCUT2D eigenvalue weighted by Crippen LogP contribution is 2.09. The number of fused-ring (bicyclic) bond motifs is 1. The minimum absolute atomic E-state index is 0.0270. The molecule has 0 spiro atoms. The number of aromatic nitrogens is 3. The third kappa shape index (κ3) is 3.66. The van der Waals surface area contributed by atoms with Gasteiger partial charge in [0.05, 0.1) is 11.9 Å². The Hall–Kier alpha value is -2.97. The quantitative estimate of drug-likeness (QED) is 0.781. The van der Waals surface area contributed by atoms with Gasteiger partial charge >= 0.3 is 5.69 Å². The highest BCUT2D eigenvalue weighted by molar-refractivity contribution is 5.96. The molecular formula is C17H23N5O4. The zero-order chi connectivity index (χ0) is 19.6. The van der Waals surface area contributed by atoms with Crippen molar-refractivity contribution < 1.29 is 9.59 Å². The van der Waals surface area contributed by atoms with Gasteiger partial charge in [-0.05, 0) is 32.9 Å². The molecule has 0 aliphatic rings. The Morgan fingerprint density at radius 2 is 1.85 bits per heavy atom. The molecular weight excluding hydrogens is 338 g/mol. The highest BCUT2D eigenvalue weighted by Gasteiger charge is 2.20. The van der Waals surface area contributed by atoms with Crippen LogP contribution in [0.3, 0.4) is 0 Å². The average Bonchev–Trinajstić information content (AvgIpc) is 2.61. The van der Waals surface area contributed by atoms with Crippen LogP contribution in [0.15, 0.2) is 21.7 Å². The van der Waals surface area contributed by atoms with Crippen LogP contribution in [0.1, 0.15) is 31.3 Å². The largest absolute Gasteiger partial charge is 0.352 e. The molecule has 9 heteroatoms. The number of nitrogens with one attached hydrogen (secondary N) is 1. The summed E-state index contributed by atoms with van der Waals surface area (Å²) in [6, 6.07) is 2.87. The number of hydrogen-bond donors (Lipinski definition) is 1. The summed E-state index contributed by atoms with van der Waals surface area (Å²) >= 11 is 0. The van der Waals surface area contributed by atoms with E-state index in [1.54, 1.807) is 6.92 Å². The van der Waals surface area contributed by atoms with Crippen molar-refractivity contribution in [2.75, 3.05) is 13.1 Å². The second-order valence-electron chi connectivity index (χ2n) is 6.31. The number of carbonyl (C=O) groups excluding carboxylic acids is 2. The molecule has 0 fully saturated rings. The van der Waals surface area contributed by atoms with Gasteiger partial charge in [0.25, 0.3) is 11.5 Å². The Bertz CT molecular complexity index is 974. The first-order chi connectivity index (χ1) is 12.2. The first kappa shape index (κ1) is 19.4. The highest BCUT2D eigenvalue weighted by atomic mass is 16.2. The number of aryl methyl sites for hydroxylation is 1. The Kier molecular flexibility index (Phi) is 5.59. The number of hydrogen-bond acceptors (Lipinski definition) is 5. The van der Waals surface area contributed by atoms with Crippen molar-refractivity contribution in [3.63, 3.8) is 0 Å². The van der Waals surface area contributed by atoms with Crippen LogP contribution in [-0.4, -0.2) is 50.0 Å². The number of rotatable bonds is 5. The molecule has 2 aromatic heterocycles. The van der Waals surface area contributed by atoms with E-state index >= 15 is 0 Å². The summed E-state index contributed by atoms with van der Waals surface area (Å²) in [7, 11) is 2.87. The van der Waals surface area contributed by atoms with E-state index in [9.17, 15) is 19.2 Å². The standard InChI is InChI=1S/C17H23N5O4/c1-6-22(9-13(23)18-10(2)3)16(25)12-8-7-11-14(19-12)20(4)17(26)21(5)15(11)24/h7-8,10H,6,9H2,1-5H3,(H,18,23). The molecule has 140 valence electrons. The van der Waals surface area contributed by atoms with Crippen molar-refractivity contribution in [3.05, 3.63) is 38.7 Å². The monoisotopic (exact) mass is 361 g/mol. The van der Waals surface area contributed by atoms with Gasteiger partial charge in [0.1, 0.15) is 11.3 Å². The smallest absolute Gasteiger partial charge is 0.332 e. The van der Waals surface area contributed by atoms with E-state index in [0.29, 0.717) is 6.54 Å². The fourth-order valence-electron chi connectivity index (χ4n) is 2.60. The zero-order valence-electron chi connectivity index (χ0n) is 15.6. The van der Waals surface area contributed by atoms with Crippen molar-refractivity contribution >= 4 is 22.8 Å². The summed E-state index contributed by atoms with van der Waals surface area (Å²) in [6.07, 6.45) is 0. The summed E-state index contributed by atoms with van der Waals surface area (Å²) < 4.78 is 2.20. The molecule has 2 amide bonds. The summed E-state index contributed by atoms with van der Waals surface area (Å²) in [5.74, 6) is -0.710. The molecule has 2 aromatic rings. The zero-order valence-corrected chi connectivity index (χ0v) is 15.6. The van der Waals surface area contributed by atoms with Crippen LogP contribution >= 0.6 is 0 Å². The van der Waals surface area contributed by atoms with E-state index < -0.39 is 17.2 Å². The predicted octanol–water partition coefficient (Wildman–Crippen LogP) is -0.381. The SMILES string of the molecule is CCN(CC(=O)NC(C)C)C(=O)c1ccc2c(=O)n(C)c(=O)n(C)c2n1. The fraction of sp³-hybridized carbons (Fsp3) is 0.471. The van der Waals surface area contributed by atoms with E-state index in [0.717, 1.165) is 4.57 Å². The van der Waals surface area contributed by atoms with Gasteiger partial charge < -0.3 is 10.2 Å². The topological polar surface area (TPSA) is 106 Å². The number of carbonyl (C=O) groups is 2. The predicted molar refractivity (Wildman–Crippen MR) is 97.1 cm³/mol. The maximum Gasteiger partial charge on any atom is 0.332 e. The lowest BCUT2D eigenvalue weighted by atomic mass is 10.2. The molecule has 9 nitrogen and oxygen atoms in total. The van der Waals surface area contributed by atoms with Gasteiger partial charge in [-0.3, -0.25) is 23.5 Å². The molecule has 0 aliphatic heterocycles. The van der Waals surface area contributed by atoms with E-state index in [1.807, 2.05) is 13.8 Å². The maximum absolute atomic E-state index is 12.7. The van der Waals surface area contributed by atoms with Gasteiger partial charge in [-0.1, -0.05) is 0 Å². The lowest BCUT2D eigenvalue weighted by Crippen LogP contribution is -2.43. The molecule has 26 heavy (non-hydrogen) atoms. The van der Waals surface area contributed by atoms with E-state index in [4.69, 9.17) is 0 Å². The van der Waals surface area contributed by atoms with Crippen LogP contribution in [0.5, 0.6) is 0 Å². The van der Waals surface area contributed by atoms with Gasteiger partial charge in [0.15, 0.2) is 0 Å². The molecule has 0 saturated heterocycles. The van der Waals surface area contributed by atoms with Crippen molar-refractivity contribution in [2.45, 2.75) is 26.8 Å². The molecule has 1 N–H and O–H groups in total. The lowest BCUT2D eigenvalue weighted by molar-refractivity contribution is -0.122. The number of likely N-dealkylation sites (N-methyl/N-ethyl adjacent to an activating group) is 1. The molecule has 0 aliphatic carbocycles. The normalized spacial score (nSPS) is 11.0. The van der Waals surface area contributed by atoms with E-state index in [1.165, 1.54) is 35.7 Å². The molecule has 0 bridgehead atoms. The van der Waals surface area contributed by atoms with Crippen LogP contribution in [0, 0.1) is 0 Å². The number of pyridine rings is 1. The third-order valence-electron chi connectivity index (χ3n) is 3.97. The fourth-order valence-corrected chi connectivity index (χ4v) is 2.60. The van der Waals surface area contributed by atoms with Crippen LogP contribution in [0.4, 0.5) is 0 Å². The minimum Gasteiger partial charge on any atom is -0.352 e. The molecule has 2 rings (SSSR count). The van der Waals surface area contributed by atoms with Crippen molar-refractivity contribution in [2.24, 2.45) is 14.1 Å². The van der Waals surface area contributed by atoms with Gasteiger partial charge in [0.2, 0.25) is 5.91 Å². The average molecular weight is 361 g/mol. The lowest BCUT2D eigenvalue weighted by Gasteiger charge is -2.21. The van der Waals surface area contributed by atoms with Gasteiger partial charge in [-0.2, -0.15) is 0 Å². The van der Waals surface area contributed by atoms with Gasteiger partial charge in [-0.25, -0.2) is 9.78 Å². The Labute approximate surface area is 150 Å². The summed E-state index contributed by atoms with van der Waals surface area (Å²) in [5, 5.41) is 2.97. The van der Waals surface area contributed by atoms with Gasteiger partial charge in [0, 0.05) is 26.7 Å². The van der Waals surface area contributed by atoms with Crippen LogP contribution in [0.2, 0.25) is 0 Å². The van der Waals surface area contributed by atoms with E-state index in [2.05, 4.69) is 10.3 Å². The van der Waals surface area contributed by atoms with Crippen molar-refractivity contribution in [1.29, 1.82) is 0 Å². The van der Waals surface area contributed by atoms with Crippen LogP contribution in [-0.2, 0) is 18.9 Å². The Morgan fingerprint density at radius 1 is 1.19 bits per heavy atom. The Morgan fingerprint density at radius 3 is 2.42 bits per heavy atom. The Balaban J connectivity index is 2.43. The first-order valence-electron chi connectivity index (χ1n) is 8.32. The second kappa shape index (κ2) is 7.51. The summed E-state index contributed by atoms with van der Waals surface area (Å²) in [5.41, 5.74) is -0.798. The molecule has 0 unspecified atom stereocenters. The molecule has 2 heterocycles. The number of nitrogens with zero attached hydrogens (tertiary/aromatic N) is 4. The summed E-state index contributed by atoms with van der Waals surface area (Å²) in [6.45, 7) is 5.65. The summed E-state index contributed by atoms with van der Waals surface area (Å²) in [4.78, 5) is 54.4. The van der Waals surface area contributed by atoms with Crippen LogP contribution < -0.4 is 16.6 Å². The first-order valence-corrected chi connectivity index (χ1v) is 8.32. The molecule has 0 saturated carbocycles. The van der Waals surface area contributed by atoms with Crippen molar-refractivity contribution in [3.8, 4) is 0 Å².